The number of benzene rings is 3. The Bertz CT molecular complexity index is 855. The molecule has 0 aromatic heterocycles. The van der Waals surface area contributed by atoms with Gasteiger partial charge in [0.25, 0.3) is 5.69 Å². The van der Waals surface area contributed by atoms with Gasteiger partial charge >= 0.3 is 6.03 Å². The first kappa shape index (κ1) is 18.1. The highest BCUT2D eigenvalue weighted by Crippen LogP contribution is 2.17. The minimum atomic E-state index is -0.470. The molecule has 1 N–H and O–H groups in total. The first-order chi connectivity index (χ1) is 13.1. The summed E-state index contributed by atoms with van der Waals surface area (Å²) in [6, 6.07) is 25.0. The van der Waals surface area contributed by atoms with Crippen LogP contribution in [0.2, 0.25) is 0 Å². The van der Waals surface area contributed by atoms with E-state index in [-0.39, 0.29) is 11.7 Å². The number of rotatable bonds is 6. The lowest BCUT2D eigenvalue weighted by atomic mass is 10.2. The van der Waals surface area contributed by atoms with Crippen LogP contribution in [-0.2, 0) is 13.1 Å². The number of anilines is 1. The fourth-order valence-corrected chi connectivity index (χ4v) is 2.68. The molecule has 0 saturated heterocycles. The number of amides is 2. The predicted octanol–water partition coefficient (Wildman–Crippen LogP) is 4.83. The Morgan fingerprint density at radius 1 is 0.815 bits per heavy atom. The standard InChI is InChI=1S/C21H19N3O3/c25-21(22-19-11-13-20(14-12-19)24(26)27)23(15-17-7-3-1-4-8-17)16-18-9-5-2-6-10-18/h1-14H,15-16H2,(H,22,25). The van der Waals surface area contributed by atoms with Gasteiger partial charge < -0.3 is 10.2 Å². The van der Waals surface area contributed by atoms with Crippen molar-refractivity contribution in [2.75, 3.05) is 5.32 Å². The highest BCUT2D eigenvalue weighted by atomic mass is 16.6. The summed E-state index contributed by atoms with van der Waals surface area (Å²) in [6.07, 6.45) is 0. The molecule has 3 aromatic rings. The van der Waals surface area contributed by atoms with Crippen LogP contribution >= 0.6 is 0 Å². The Hall–Kier alpha value is -3.67. The van der Waals surface area contributed by atoms with Crippen LogP contribution in [0.25, 0.3) is 0 Å². The predicted molar refractivity (Wildman–Crippen MR) is 104 cm³/mol. The fraction of sp³-hybridized carbons (Fsp3) is 0.0952. The number of nitrogens with one attached hydrogen (secondary N) is 1. The minimum Gasteiger partial charge on any atom is -0.316 e. The number of carbonyl (C=O) groups excluding carboxylic acids is 1. The molecule has 0 atom stereocenters. The zero-order valence-corrected chi connectivity index (χ0v) is 14.6. The van der Waals surface area contributed by atoms with Crippen molar-refractivity contribution in [3.8, 4) is 0 Å². The Morgan fingerprint density at radius 3 is 1.74 bits per heavy atom. The lowest BCUT2D eigenvalue weighted by Crippen LogP contribution is -2.34. The third kappa shape index (κ3) is 5.15. The summed E-state index contributed by atoms with van der Waals surface area (Å²) in [6.45, 7) is 0.906. The lowest BCUT2D eigenvalue weighted by Gasteiger charge is -2.23. The molecule has 0 unspecified atom stereocenters. The van der Waals surface area contributed by atoms with Gasteiger partial charge in [0.2, 0.25) is 0 Å². The molecule has 0 aliphatic carbocycles. The van der Waals surface area contributed by atoms with Crippen LogP contribution in [0.4, 0.5) is 16.2 Å². The average molecular weight is 361 g/mol. The van der Waals surface area contributed by atoms with Crippen LogP contribution in [0.1, 0.15) is 11.1 Å². The molecule has 6 heteroatoms. The summed E-state index contributed by atoms with van der Waals surface area (Å²) in [5, 5.41) is 13.6. The van der Waals surface area contributed by atoms with Crippen molar-refractivity contribution in [2.24, 2.45) is 0 Å². The molecular formula is C21H19N3O3. The van der Waals surface area contributed by atoms with Gasteiger partial charge in [0.15, 0.2) is 0 Å². The summed E-state index contributed by atoms with van der Waals surface area (Å²) in [7, 11) is 0. The van der Waals surface area contributed by atoms with Crippen LogP contribution in [0.5, 0.6) is 0 Å². The molecule has 3 rings (SSSR count). The van der Waals surface area contributed by atoms with Crippen molar-refractivity contribution >= 4 is 17.4 Å². The molecule has 0 fully saturated rings. The van der Waals surface area contributed by atoms with Gasteiger partial charge in [-0.3, -0.25) is 10.1 Å². The number of urea groups is 1. The number of carbonyl (C=O) groups is 1. The van der Waals surface area contributed by atoms with Gasteiger partial charge in [-0.2, -0.15) is 0 Å². The molecule has 2 amide bonds. The van der Waals surface area contributed by atoms with Crippen molar-refractivity contribution in [3.63, 3.8) is 0 Å². The molecule has 136 valence electrons. The molecule has 0 aliphatic heterocycles. The second kappa shape index (κ2) is 8.62. The average Bonchev–Trinajstić information content (AvgIpc) is 2.69. The summed E-state index contributed by atoms with van der Waals surface area (Å²) < 4.78 is 0. The molecular weight excluding hydrogens is 342 g/mol. The zero-order valence-electron chi connectivity index (χ0n) is 14.6. The second-order valence-corrected chi connectivity index (χ2v) is 6.06. The van der Waals surface area contributed by atoms with E-state index in [9.17, 15) is 14.9 Å². The molecule has 0 saturated carbocycles. The Kier molecular flexibility index (Phi) is 5.79. The Balaban J connectivity index is 1.76. The number of nitrogens with zero attached hydrogens (tertiary/aromatic N) is 2. The molecule has 6 nitrogen and oxygen atoms in total. The Morgan fingerprint density at radius 2 is 1.30 bits per heavy atom. The highest BCUT2D eigenvalue weighted by Gasteiger charge is 2.15. The van der Waals surface area contributed by atoms with Crippen LogP contribution in [0.15, 0.2) is 84.9 Å². The third-order valence-corrected chi connectivity index (χ3v) is 4.05. The summed E-state index contributed by atoms with van der Waals surface area (Å²) in [5.74, 6) is 0. The van der Waals surface area contributed by atoms with Crippen molar-refractivity contribution < 1.29 is 9.72 Å². The first-order valence-corrected chi connectivity index (χ1v) is 8.50. The lowest BCUT2D eigenvalue weighted by molar-refractivity contribution is -0.384. The SMILES string of the molecule is O=C(Nc1ccc([N+](=O)[O-])cc1)N(Cc1ccccc1)Cc1ccccc1. The molecule has 27 heavy (non-hydrogen) atoms. The van der Waals surface area contributed by atoms with Gasteiger partial charge in [0.1, 0.15) is 0 Å². The topological polar surface area (TPSA) is 75.5 Å². The zero-order chi connectivity index (χ0) is 19.1. The van der Waals surface area contributed by atoms with Gasteiger partial charge in [0.05, 0.1) is 4.92 Å². The van der Waals surface area contributed by atoms with Crippen LogP contribution in [0, 0.1) is 10.1 Å². The molecule has 0 bridgehead atoms. The third-order valence-electron chi connectivity index (χ3n) is 4.05. The highest BCUT2D eigenvalue weighted by molar-refractivity contribution is 5.89. The van der Waals surface area contributed by atoms with E-state index < -0.39 is 4.92 Å². The van der Waals surface area contributed by atoms with Crippen LogP contribution in [-0.4, -0.2) is 15.9 Å². The summed E-state index contributed by atoms with van der Waals surface area (Å²) in [5.41, 5.74) is 2.54. The van der Waals surface area contributed by atoms with Crippen molar-refractivity contribution in [1.82, 2.24) is 4.90 Å². The largest absolute Gasteiger partial charge is 0.322 e. The maximum atomic E-state index is 12.8. The number of hydrogen-bond acceptors (Lipinski definition) is 3. The van der Waals surface area contributed by atoms with E-state index in [1.807, 2.05) is 60.7 Å². The quantitative estimate of drug-likeness (QED) is 0.505. The van der Waals surface area contributed by atoms with Gasteiger partial charge in [-0.15, -0.1) is 0 Å². The van der Waals surface area contributed by atoms with E-state index in [0.29, 0.717) is 18.8 Å². The summed E-state index contributed by atoms with van der Waals surface area (Å²) in [4.78, 5) is 24.8. The van der Waals surface area contributed by atoms with E-state index in [2.05, 4.69) is 5.32 Å². The first-order valence-electron chi connectivity index (χ1n) is 8.50. The molecule has 3 aromatic carbocycles. The number of nitro benzene ring substituents is 1. The molecule has 0 spiro atoms. The molecule has 0 aliphatic rings. The van der Waals surface area contributed by atoms with Crippen molar-refractivity contribution in [1.29, 1.82) is 0 Å². The minimum absolute atomic E-state index is 0.0153. The van der Waals surface area contributed by atoms with Crippen LogP contribution in [0.3, 0.4) is 0 Å². The van der Waals surface area contributed by atoms with Gasteiger partial charge in [-0.25, -0.2) is 4.79 Å². The second-order valence-electron chi connectivity index (χ2n) is 6.06. The monoisotopic (exact) mass is 361 g/mol. The number of hydrogen-bond donors (Lipinski definition) is 1. The van der Waals surface area contributed by atoms with Gasteiger partial charge in [0, 0.05) is 30.9 Å². The summed E-state index contributed by atoms with van der Waals surface area (Å²) >= 11 is 0. The maximum absolute atomic E-state index is 12.8. The molecule has 0 radical (unpaired) electrons. The van der Waals surface area contributed by atoms with E-state index in [1.165, 1.54) is 24.3 Å². The van der Waals surface area contributed by atoms with Crippen molar-refractivity contribution in [3.05, 3.63) is 106 Å². The number of non-ortho nitro benzene ring substituents is 1. The maximum Gasteiger partial charge on any atom is 0.322 e. The smallest absolute Gasteiger partial charge is 0.316 e. The van der Waals surface area contributed by atoms with Crippen molar-refractivity contribution in [2.45, 2.75) is 13.1 Å². The molecule has 0 heterocycles. The van der Waals surface area contributed by atoms with Gasteiger partial charge in [-0.1, -0.05) is 60.7 Å². The van der Waals surface area contributed by atoms with Crippen LogP contribution < -0.4 is 5.32 Å². The Labute approximate surface area is 157 Å². The fourth-order valence-electron chi connectivity index (χ4n) is 2.68. The van der Waals surface area contributed by atoms with E-state index in [0.717, 1.165) is 11.1 Å². The van der Waals surface area contributed by atoms with E-state index in [4.69, 9.17) is 0 Å². The van der Waals surface area contributed by atoms with E-state index >= 15 is 0 Å². The normalized spacial score (nSPS) is 10.2. The van der Waals surface area contributed by atoms with E-state index in [1.54, 1.807) is 4.90 Å². The van der Waals surface area contributed by atoms with Gasteiger partial charge in [-0.05, 0) is 23.3 Å². The number of nitro groups is 1.